The number of nitrogens with one attached hydrogen (secondary N) is 1. The largest absolute Gasteiger partial charge is 0.481 e. The lowest BCUT2D eigenvalue weighted by Gasteiger charge is -2.23. The van der Waals surface area contributed by atoms with Crippen LogP contribution in [0.1, 0.15) is 20.3 Å². The van der Waals surface area contributed by atoms with Crippen LogP contribution in [-0.4, -0.2) is 54.4 Å². The first-order valence-electron chi connectivity index (χ1n) is 5.78. The monoisotopic (exact) mass is 244 g/mol. The number of amides is 2. The van der Waals surface area contributed by atoms with Crippen molar-refractivity contribution in [1.82, 2.24) is 10.2 Å². The number of rotatable bonds is 4. The van der Waals surface area contributed by atoms with Crippen molar-refractivity contribution in [3.05, 3.63) is 0 Å². The number of ether oxygens (including phenoxy) is 1. The number of carboxylic acids is 1. The molecular formula is C11H20N2O4. The first-order valence-corrected chi connectivity index (χ1v) is 5.78. The minimum absolute atomic E-state index is 0.0178. The predicted molar refractivity (Wildman–Crippen MR) is 61.8 cm³/mol. The van der Waals surface area contributed by atoms with E-state index >= 15 is 0 Å². The normalized spacial score (nSPS) is 25.4. The number of nitrogens with zero attached hydrogens (tertiary/aromatic N) is 1. The molecule has 1 aliphatic heterocycles. The molecule has 1 aliphatic rings. The van der Waals surface area contributed by atoms with E-state index in [1.807, 2.05) is 6.92 Å². The Hall–Kier alpha value is -1.30. The van der Waals surface area contributed by atoms with Gasteiger partial charge in [0.05, 0.1) is 18.1 Å². The molecule has 0 saturated carbocycles. The molecule has 1 rings (SSSR count). The maximum Gasteiger partial charge on any atom is 0.317 e. The second-order valence-electron chi connectivity index (χ2n) is 4.54. The molecule has 98 valence electrons. The molecule has 0 aromatic heterocycles. The summed E-state index contributed by atoms with van der Waals surface area (Å²) in [5.74, 6) is -1.47. The molecule has 0 aliphatic carbocycles. The molecular weight excluding hydrogens is 224 g/mol. The lowest BCUT2D eigenvalue weighted by Crippen LogP contribution is -2.47. The van der Waals surface area contributed by atoms with Gasteiger partial charge < -0.3 is 20.1 Å². The van der Waals surface area contributed by atoms with Crippen molar-refractivity contribution in [2.24, 2.45) is 5.92 Å². The Morgan fingerprint density at radius 2 is 2.24 bits per heavy atom. The number of carboxylic acid groups (broad SMARTS) is 1. The van der Waals surface area contributed by atoms with Gasteiger partial charge in [0.25, 0.3) is 0 Å². The number of carbonyl (C=O) groups is 2. The highest BCUT2D eigenvalue weighted by molar-refractivity contribution is 5.76. The van der Waals surface area contributed by atoms with E-state index in [9.17, 15) is 9.59 Å². The quantitative estimate of drug-likeness (QED) is 0.756. The highest BCUT2D eigenvalue weighted by Gasteiger charge is 2.27. The summed E-state index contributed by atoms with van der Waals surface area (Å²) < 4.78 is 5.34. The second-order valence-corrected chi connectivity index (χ2v) is 4.54. The summed E-state index contributed by atoms with van der Waals surface area (Å²) in [4.78, 5) is 23.8. The van der Waals surface area contributed by atoms with Crippen molar-refractivity contribution >= 4 is 12.0 Å². The Bertz CT molecular complexity index is 295. The smallest absolute Gasteiger partial charge is 0.317 e. The van der Waals surface area contributed by atoms with Gasteiger partial charge in [-0.2, -0.15) is 0 Å². The molecule has 1 fully saturated rings. The summed E-state index contributed by atoms with van der Waals surface area (Å²) in [7, 11) is 1.59. The minimum Gasteiger partial charge on any atom is -0.481 e. The van der Waals surface area contributed by atoms with Crippen LogP contribution in [0.4, 0.5) is 4.79 Å². The van der Waals surface area contributed by atoms with Crippen LogP contribution in [0.25, 0.3) is 0 Å². The van der Waals surface area contributed by atoms with E-state index in [2.05, 4.69) is 5.32 Å². The van der Waals surface area contributed by atoms with Gasteiger partial charge >= 0.3 is 12.0 Å². The van der Waals surface area contributed by atoms with E-state index in [1.165, 1.54) is 4.90 Å². The zero-order valence-electron chi connectivity index (χ0n) is 10.5. The number of hydrogen-bond acceptors (Lipinski definition) is 3. The third-order valence-corrected chi connectivity index (χ3v) is 3.00. The minimum atomic E-state index is -0.901. The summed E-state index contributed by atoms with van der Waals surface area (Å²) in [5.41, 5.74) is 0. The van der Waals surface area contributed by atoms with E-state index in [0.29, 0.717) is 6.61 Å². The average molecular weight is 244 g/mol. The van der Waals surface area contributed by atoms with Gasteiger partial charge in [-0.1, -0.05) is 6.92 Å². The fourth-order valence-corrected chi connectivity index (χ4v) is 1.76. The molecule has 0 aromatic carbocycles. The van der Waals surface area contributed by atoms with Gasteiger partial charge in [0.2, 0.25) is 0 Å². The molecule has 1 heterocycles. The summed E-state index contributed by atoms with van der Waals surface area (Å²) >= 11 is 0. The maximum atomic E-state index is 11.8. The van der Waals surface area contributed by atoms with Crippen LogP contribution in [-0.2, 0) is 9.53 Å². The second kappa shape index (κ2) is 5.86. The van der Waals surface area contributed by atoms with Crippen molar-refractivity contribution < 1.29 is 19.4 Å². The van der Waals surface area contributed by atoms with Crippen molar-refractivity contribution in [3.63, 3.8) is 0 Å². The Morgan fingerprint density at radius 3 is 2.71 bits per heavy atom. The first-order chi connectivity index (χ1) is 7.91. The van der Waals surface area contributed by atoms with E-state index < -0.39 is 11.9 Å². The fraction of sp³-hybridized carbons (Fsp3) is 0.818. The Balaban J connectivity index is 2.39. The summed E-state index contributed by atoms with van der Waals surface area (Å²) in [5, 5.41) is 11.6. The van der Waals surface area contributed by atoms with E-state index in [-0.39, 0.29) is 24.7 Å². The van der Waals surface area contributed by atoms with E-state index in [0.717, 1.165) is 6.42 Å². The SMILES string of the molecule is CC(CN(C)C(=O)NC1CCOC1C)C(=O)O. The van der Waals surface area contributed by atoms with Gasteiger partial charge in [-0.3, -0.25) is 4.79 Å². The van der Waals surface area contributed by atoms with Crippen LogP contribution >= 0.6 is 0 Å². The number of hydrogen-bond donors (Lipinski definition) is 2. The van der Waals surface area contributed by atoms with Crippen LogP contribution in [0.3, 0.4) is 0 Å². The number of carbonyl (C=O) groups excluding carboxylic acids is 1. The van der Waals surface area contributed by atoms with Crippen molar-refractivity contribution in [3.8, 4) is 0 Å². The Labute approximate surface area is 101 Å². The molecule has 0 aromatic rings. The third-order valence-electron chi connectivity index (χ3n) is 3.00. The first kappa shape index (κ1) is 13.8. The van der Waals surface area contributed by atoms with E-state index in [4.69, 9.17) is 9.84 Å². The zero-order valence-corrected chi connectivity index (χ0v) is 10.5. The molecule has 0 bridgehead atoms. The van der Waals surface area contributed by atoms with Gasteiger partial charge in [-0.15, -0.1) is 0 Å². The lowest BCUT2D eigenvalue weighted by atomic mass is 10.1. The highest BCUT2D eigenvalue weighted by atomic mass is 16.5. The standard InChI is InChI=1S/C11H20N2O4/c1-7(10(14)15)6-13(3)11(16)12-9-4-5-17-8(9)2/h7-9H,4-6H2,1-3H3,(H,12,16)(H,14,15). The van der Waals surface area contributed by atoms with Gasteiger partial charge in [0.15, 0.2) is 0 Å². The molecule has 6 nitrogen and oxygen atoms in total. The van der Waals surface area contributed by atoms with Crippen LogP contribution < -0.4 is 5.32 Å². The van der Waals surface area contributed by atoms with Gasteiger partial charge in [-0.05, 0) is 13.3 Å². The molecule has 6 heteroatoms. The number of aliphatic carboxylic acids is 1. The lowest BCUT2D eigenvalue weighted by molar-refractivity contribution is -0.141. The van der Waals surface area contributed by atoms with Crippen LogP contribution in [0.5, 0.6) is 0 Å². The topological polar surface area (TPSA) is 78.9 Å². The third kappa shape index (κ3) is 3.89. The van der Waals surface area contributed by atoms with Gasteiger partial charge in [-0.25, -0.2) is 4.79 Å². The van der Waals surface area contributed by atoms with Crippen molar-refractivity contribution in [1.29, 1.82) is 0 Å². The Kier molecular flexibility index (Phi) is 4.74. The summed E-state index contributed by atoms with van der Waals surface area (Å²) in [6.07, 6.45) is 0.819. The molecule has 3 atom stereocenters. The molecule has 2 N–H and O–H groups in total. The van der Waals surface area contributed by atoms with Crippen molar-refractivity contribution in [2.75, 3.05) is 20.2 Å². The van der Waals surface area contributed by atoms with Crippen LogP contribution in [0.15, 0.2) is 0 Å². The molecule has 3 unspecified atom stereocenters. The molecule has 0 spiro atoms. The highest BCUT2D eigenvalue weighted by Crippen LogP contribution is 2.12. The molecule has 0 radical (unpaired) electrons. The summed E-state index contributed by atoms with van der Waals surface area (Å²) in [6, 6.07) is -0.231. The number of urea groups is 1. The Morgan fingerprint density at radius 1 is 1.59 bits per heavy atom. The van der Waals surface area contributed by atoms with Crippen LogP contribution in [0.2, 0.25) is 0 Å². The van der Waals surface area contributed by atoms with E-state index in [1.54, 1.807) is 14.0 Å². The zero-order chi connectivity index (χ0) is 13.0. The molecule has 2 amide bonds. The van der Waals surface area contributed by atoms with Crippen LogP contribution in [0, 0.1) is 5.92 Å². The van der Waals surface area contributed by atoms with Crippen molar-refractivity contribution in [2.45, 2.75) is 32.4 Å². The average Bonchev–Trinajstić information content (AvgIpc) is 2.64. The summed E-state index contributed by atoms with van der Waals surface area (Å²) in [6.45, 7) is 4.34. The fourth-order valence-electron chi connectivity index (χ4n) is 1.76. The van der Waals surface area contributed by atoms with Gasteiger partial charge in [0, 0.05) is 20.2 Å². The maximum absolute atomic E-state index is 11.8. The molecule has 1 saturated heterocycles. The predicted octanol–water partition coefficient (Wildman–Crippen LogP) is 0.526. The molecule has 17 heavy (non-hydrogen) atoms. The van der Waals surface area contributed by atoms with Gasteiger partial charge in [0.1, 0.15) is 0 Å².